The molecular weight excluding hydrogens is 511 g/mol. The molecule has 1 aromatic carbocycles. The molecule has 0 aliphatic rings. The third-order valence-corrected chi connectivity index (χ3v) is 7.91. The first-order valence-corrected chi connectivity index (χ1v) is 14.4. The van der Waals surface area contributed by atoms with Gasteiger partial charge in [-0.05, 0) is 45.1 Å². The second kappa shape index (κ2) is 13.6. The van der Waals surface area contributed by atoms with Crippen molar-refractivity contribution in [2.75, 3.05) is 6.16 Å². The molecule has 11 nitrogen and oxygen atoms in total. The number of benzene rings is 1. The molecular formula is C26H39N4O7P. The van der Waals surface area contributed by atoms with Crippen molar-refractivity contribution in [1.29, 1.82) is 0 Å². The lowest BCUT2D eigenvalue weighted by molar-refractivity contribution is -0.141. The van der Waals surface area contributed by atoms with E-state index in [9.17, 15) is 28.9 Å². The first-order valence-electron chi connectivity index (χ1n) is 12.5. The Kier molecular flexibility index (Phi) is 11.1. The van der Waals surface area contributed by atoms with Gasteiger partial charge in [-0.2, -0.15) is 0 Å². The van der Waals surface area contributed by atoms with E-state index in [-0.39, 0.29) is 25.2 Å². The summed E-state index contributed by atoms with van der Waals surface area (Å²) >= 11 is 0. The summed E-state index contributed by atoms with van der Waals surface area (Å²) < 4.78 is 18.9. The number of nitrogens with zero attached hydrogens (tertiary/aromatic N) is 1. The molecule has 0 bridgehead atoms. The normalized spacial score (nSPS) is 15.7. The van der Waals surface area contributed by atoms with E-state index < -0.39 is 54.8 Å². The highest BCUT2D eigenvalue weighted by Gasteiger charge is 2.39. The molecule has 0 fully saturated rings. The fourth-order valence-corrected chi connectivity index (χ4v) is 6.13. The van der Waals surface area contributed by atoms with Gasteiger partial charge in [-0.1, -0.05) is 44.2 Å². The largest absolute Gasteiger partial charge is 0.481 e. The van der Waals surface area contributed by atoms with Crippen molar-refractivity contribution in [1.82, 2.24) is 20.6 Å². The molecule has 0 radical (unpaired) electrons. The Morgan fingerprint density at radius 1 is 1.11 bits per heavy atom. The molecule has 0 aliphatic heterocycles. The smallest absolute Gasteiger partial charge is 0.408 e. The summed E-state index contributed by atoms with van der Waals surface area (Å²) in [6, 6.07) is 7.72. The van der Waals surface area contributed by atoms with Crippen molar-refractivity contribution in [3.63, 3.8) is 0 Å². The first-order chi connectivity index (χ1) is 17.7. The average Bonchev–Trinajstić information content (AvgIpc) is 3.30. The van der Waals surface area contributed by atoms with Crippen LogP contribution in [0.5, 0.6) is 0 Å². The van der Waals surface area contributed by atoms with Crippen LogP contribution >= 0.6 is 7.37 Å². The number of aromatic nitrogens is 2. The molecule has 0 saturated carbocycles. The maximum Gasteiger partial charge on any atom is 0.408 e. The number of carbonyl (C=O) groups is 3. The van der Waals surface area contributed by atoms with E-state index in [1.54, 1.807) is 51.1 Å². The summed E-state index contributed by atoms with van der Waals surface area (Å²) in [6.07, 6.45) is 1.84. The maximum atomic E-state index is 13.6. The van der Waals surface area contributed by atoms with Gasteiger partial charge in [0.1, 0.15) is 17.4 Å². The zero-order valence-electron chi connectivity index (χ0n) is 22.5. The molecule has 38 heavy (non-hydrogen) atoms. The van der Waals surface area contributed by atoms with Gasteiger partial charge in [0.2, 0.25) is 13.3 Å². The summed E-state index contributed by atoms with van der Waals surface area (Å²) in [6.45, 7) is 8.72. The number of aromatic amines is 1. The van der Waals surface area contributed by atoms with Crippen LogP contribution in [0.2, 0.25) is 0 Å². The lowest BCUT2D eigenvalue weighted by atomic mass is 10.0. The van der Waals surface area contributed by atoms with Gasteiger partial charge in [-0.3, -0.25) is 14.2 Å². The van der Waals surface area contributed by atoms with Crippen LogP contribution in [0.1, 0.15) is 52.3 Å². The van der Waals surface area contributed by atoms with Gasteiger partial charge in [0.25, 0.3) is 0 Å². The highest BCUT2D eigenvalue weighted by molar-refractivity contribution is 7.58. The lowest BCUT2D eigenvalue weighted by Crippen LogP contribution is -2.52. The predicted octanol–water partition coefficient (Wildman–Crippen LogP) is 3.55. The highest BCUT2D eigenvalue weighted by Crippen LogP contribution is 2.49. The number of hydrogen-bond acceptors (Lipinski definition) is 6. The number of imidazole rings is 1. The number of ether oxygens (including phenoxy) is 1. The van der Waals surface area contributed by atoms with Gasteiger partial charge in [0, 0.05) is 24.5 Å². The molecule has 12 heteroatoms. The Bertz CT molecular complexity index is 1100. The Morgan fingerprint density at radius 2 is 1.76 bits per heavy atom. The minimum atomic E-state index is -4.21. The van der Waals surface area contributed by atoms with Crippen LogP contribution in [0.15, 0.2) is 42.9 Å². The highest BCUT2D eigenvalue weighted by atomic mass is 31.2. The Morgan fingerprint density at radius 3 is 2.29 bits per heavy atom. The standard InChI is InChI=1S/C26H39N4O7P/c1-17(2)11-22(38(35,36)15-19(24(32)33)12-18-9-7-6-8-10-18)30-23(31)21(13-20-14-27-16-28-20)29-25(34)37-26(3,4)5/h6-10,14,16-17,19,21-22H,11-13,15H2,1-5H3,(H,27,28)(H,29,34)(H,30,31)(H,32,33)(H,35,36)/t19-,21+,22+/m1/s1. The van der Waals surface area contributed by atoms with Gasteiger partial charge in [-0.25, -0.2) is 9.78 Å². The van der Waals surface area contributed by atoms with E-state index in [4.69, 9.17) is 4.74 Å². The van der Waals surface area contributed by atoms with Crippen LogP contribution in [-0.2, 0) is 31.7 Å². The van der Waals surface area contributed by atoms with Crippen LogP contribution < -0.4 is 10.6 Å². The lowest BCUT2D eigenvalue weighted by Gasteiger charge is -2.29. The number of amides is 2. The van der Waals surface area contributed by atoms with Gasteiger partial charge in [0.05, 0.1) is 12.2 Å². The fourth-order valence-electron chi connectivity index (χ4n) is 3.88. The van der Waals surface area contributed by atoms with Crippen molar-refractivity contribution in [3.8, 4) is 0 Å². The molecule has 1 unspecified atom stereocenters. The van der Waals surface area contributed by atoms with E-state index in [1.807, 2.05) is 13.8 Å². The molecule has 1 aromatic heterocycles. The van der Waals surface area contributed by atoms with Crippen LogP contribution in [0.4, 0.5) is 4.79 Å². The van der Waals surface area contributed by atoms with Gasteiger partial charge in [0.15, 0.2) is 0 Å². The molecule has 0 spiro atoms. The molecule has 4 atom stereocenters. The predicted molar refractivity (Wildman–Crippen MR) is 143 cm³/mol. The summed E-state index contributed by atoms with van der Waals surface area (Å²) in [5.41, 5.74) is 0.484. The number of carboxylic acid groups (broad SMARTS) is 1. The zero-order valence-corrected chi connectivity index (χ0v) is 23.4. The van der Waals surface area contributed by atoms with Crippen molar-refractivity contribution < 1.29 is 33.7 Å². The summed E-state index contributed by atoms with van der Waals surface area (Å²) in [5.74, 6) is -4.30. The second-order valence-corrected chi connectivity index (χ2v) is 13.3. The molecule has 0 saturated heterocycles. The number of nitrogens with one attached hydrogen (secondary N) is 3. The quantitative estimate of drug-likeness (QED) is 0.236. The second-order valence-electron chi connectivity index (χ2n) is 10.8. The van der Waals surface area contributed by atoms with E-state index in [2.05, 4.69) is 20.6 Å². The number of rotatable bonds is 13. The van der Waals surface area contributed by atoms with Gasteiger partial charge < -0.3 is 30.4 Å². The first kappa shape index (κ1) is 31.1. The molecule has 0 aliphatic carbocycles. The van der Waals surface area contributed by atoms with Crippen LogP contribution in [-0.4, -0.2) is 61.5 Å². The number of carboxylic acids is 1. The van der Waals surface area contributed by atoms with Crippen molar-refractivity contribution in [2.45, 2.75) is 71.3 Å². The molecule has 2 amide bonds. The number of hydrogen-bond donors (Lipinski definition) is 5. The fraction of sp³-hybridized carbons (Fsp3) is 0.538. The monoisotopic (exact) mass is 550 g/mol. The number of aliphatic carboxylic acids is 1. The van der Waals surface area contributed by atoms with Crippen molar-refractivity contribution in [3.05, 3.63) is 54.1 Å². The van der Waals surface area contributed by atoms with E-state index >= 15 is 0 Å². The van der Waals surface area contributed by atoms with Crippen molar-refractivity contribution >= 4 is 25.3 Å². The van der Waals surface area contributed by atoms with E-state index in [0.717, 1.165) is 5.56 Å². The third-order valence-electron chi connectivity index (χ3n) is 5.63. The van der Waals surface area contributed by atoms with E-state index in [0.29, 0.717) is 5.69 Å². The van der Waals surface area contributed by atoms with Crippen molar-refractivity contribution in [2.24, 2.45) is 11.8 Å². The summed E-state index contributed by atoms with van der Waals surface area (Å²) in [7, 11) is -4.21. The number of alkyl carbamates (subject to hydrolysis) is 1. The Balaban J connectivity index is 2.25. The average molecular weight is 551 g/mol. The molecule has 210 valence electrons. The Hall–Kier alpha value is -3.17. The topological polar surface area (TPSA) is 171 Å². The number of H-pyrrole nitrogens is 1. The summed E-state index contributed by atoms with van der Waals surface area (Å²) in [4.78, 5) is 55.7. The third kappa shape index (κ3) is 10.7. The molecule has 2 aromatic rings. The SMILES string of the molecule is CC(C)C[C@@H](NC(=O)[C@H](Cc1cnc[nH]1)NC(=O)OC(C)(C)C)P(=O)(O)C[C@@H](Cc1ccccc1)C(=O)O. The minimum absolute atomic E-state index is 0.0287. The van der Waals surface area contributed by atoms with Crippen LogP contribution in [0.25, 0.3) is 0 Å². The van der Waals surface area contributed by atoms with Crippen LogP contribution in [0, 0.1) is 11.8 Å². The Labute approximate surface area is 223 Å². The summed E-state index contributed by atoms with van der Waals surface area (Å²) in [5, 5.41) is 14.9. The van der Waals surface area contributed by atoms with E-state index in [1.165, 1.54) is 12.5 Å². The molecule has 5 N–H and O–H groups in total. The molecule has 1 heterocycles. The van der Waals surface area contributed by atoms with Gasteiger partial charge >= 0.3 is 12.1 Å². The van der Waals surface area contributed by atoms with Crippen LogP contribution in [0.3, 0.4) is 0 Å². The number of carbonyl (C=O) groups excluding carboxylic acids is 2. The minimum Gasteiger partial charge on any atom is -0.481 e. The maximum absolute atomic E-state index is 13.6. The molecule has 2 rings (SSSR count). The zero-order chi connectivity index (χ0) is 28.5. The van der Waals surface area contributed by atoms with Gasteiger partial charge in [-0.15, -0.1) is 0 Å².